The van der Waals surface area contributed by atoms with E-state index in [9.17, 15) is 8.78 Å². The number of hydrogen-bond acceptors (Lipinski definition) is 1. The summed E-state index contributed by atoms with van der Waals surface area (Å²) in [6.45, 7) is 4.84. The Hall–Kier alpha value is -1.12. The minimum Gasteiger partial charge on any atom is -0.490 e. The smallest absolute Gasteiger partial charge is 0.200 e. The number of hydrogen-bond donors (Lipinski definition) is 0. The Balaban J connectivity index is 2.00. The van der Waals surface area contributed by atoms with Crippen molar-refractivity contribution in [1.82, 2.24) is 0 Å². The third-order valence-corrected chi connectivity index (χ3v) is 5.94. The second-order valence-corrected chi connectivity index (χ2v) is 8.11. The summed E-state index contributed by atoms with van der Waals surface area (Å²) in [5.41, 5.74) is 0.620. The maximum Gasteiger partial charge on any atom is 0.200 e. The first-order valence-corrected chi connectivity index (χ1v) is 10.7. The second-order valence-electron chi connectivity index (χ2n) is 8.11. The lowest BCUT2D eigenvalue weighted by molar-refractivity contribution is 0.0815. The van der Waals surface area contributed by atoms with Crippen molar-refractivity contribution in [3.8, 4) is 5.75 Å². The van der Waals surface area contributed by atoms with Gasteiger partial charge in [-0.25, -0.2) is 4.39 Å². The van der Waals surface area contributed by atoms with Crippen LogP contribution in [0.25, 0.3) is 0 Å². The van der Waals surface area contributed by atoms with Crippen LogP contribution in [0.2, 0.25) is 0 Å². The van der Waals surface area contributed by atoms with Crippen LogP contribution in [0.5, 0.6) is 5.75 Å². The first kappa shape index (κ1) is 21.2. The quantitative estimate of drug-likeness (QED) is 0.366. The molecule has 0 heterocycles. The summed E-state index contributed by atoms with van der Waals surface area (Å²) in [6.07, 6.45) is 14.4. The van der Waals surface area contributed by atoms with E-state index in [2.05, 4.69) is 13.8 Å². The molecule has 1 aromatic rings. The lowest BCUT2D eigenvalue weighted by Gasteiger charge is -2.37. The van der Waals surface area contributed by atoms with E-state index in [1.807, 2.05) is 0 Å². The standard InChI is InChI=1S/C23H36F2O/c1-3-5-8-12-19-13-14-20(22(25)21(19)24)26-18-23(15-9-6-4-2)16-10-7-11-17-23/h13-14H,3-12,15-18H2,1-2H3. The van der Waals surface area contributed by atoms with Crippen LogP contribution >= 0.6 is 0 Å². The zero-order valence-electron chi connectivity index (χ0n) is 16.7. The number of aryl methyl sites for hydroxylation is 1. The Morgan fingerprint density at radius 3 is 2.27 bits per heavy atom. The highest BCUT2D eigenvalue weighted by molar-refractivity contribution is 5.31. The molecule has 0 N–H and O–H groups in total. The van der Waals surface area contributed by atoms with Crippen molar-refractivity contribution in [3.63, 3.8) is 0 Å². The summed E-state index contributed by atoms with van der Waals surface area (Å²) in [4.78, 5) is 0. The molecule has 0 spiro atoms. The number of ether oxygens (including phenoxy) is 1. The summed E-state index contributed by atoms with van der Waals surface area (Å²) in [5, 5.41) is 0. The van der Waals surface area contributed by atoms with E-state index in [4.69, 9.17) is 4.74 Å². The first-order valence-electron chi connectivity index (χ1n) is 10.7. The van der Waals surface area contributed by atoms with E-state index in [0.717, 1.165) is 38.5 Å². The Morgan fingerprint density at radius 2 is 1.58 bits per heavy atom. The van der Waals surface area contributed by atoms with Gasteiger partial charge in [-0.1, -0.05) is 71.3 Å². The fourth-order valence-corrected chi connectivity index (χ4v) is 4.19. The highest BCUT2D eigenvalue weighted by Gasteiger charge is 2.32. The Morgan fingerprint density at radius 1 is 0.885 bits per heavy atom. The molecule has 0 aromatic heterocycles. The SMILES string of the molecule is CCCCCc1ccc(OCC2(CCCCC)CCCCC2)c(F)c1F. The van der Waals surface area contributed by atoms with Crippen LogP contribution in [0.4, 0.5) is 8.78 Å². The van der Waals surface area contributed by atoms with Crippen molar-refractivity contribution in [2.75, 3.05) is 6.61 Å². The molecule has 0 amide bonds. The summed E-state index contributed by atoms with van der Waals surface area (Å²) < 4.78 is 34.7. The molecule has 1 fully saturated rings. The van der Waals surface area contributed by atoms with Gasteiger partial charge < -0.3 is 4.74 Å². The largest absolute Gasteiger partial charge is 0.490 e. The summed E-state index contributed by atoms with van der Waals surface area (Å²) in [5.74, 6) is -1.44. The zero-order valence-corrected chi connectivity index (χ0v) is 16.7. The molecule has 1 aromatic carbocycles. The van der Waals surface area contributed by atoms with Gasteiger partial charge in [0.25, 0.3) is 0 Å². The van der Waals surface area contributed by atoms with Gasteiger partial charge in [-0.15, -0.1) is 0 Å². The number of halogens is 2. The predicted molar refractivity (Wildman–Crippen MR) is 105 cm³/mol. The molecule has 0 unspecified atom stereocenters. The topological polar surface area (TPSA) is 9.23 Å². The lowest BCUT2D eigenvalue weighted by Crippen LogP contribution is -2.31. The molecule has 148 valence electrons. The fraction of sp³-hybridized carbons (Fsp3) is 0.739. The van der Waals surface area contributed by atoms with Crippen molar-refractivity contribution in [3.05, 3.63) is 29.3 Å². The van der Waals surface area contributed by atoms with Crippen molar-refractivity contribution < 1.29 is 13.5 Å². The molecule has 1 nitrogen and oxygen atoms in total. The minimum absolute atomic E-state index is 0.0854. The summed E-state index contributed by atoms with van der Waals surface area (Å²) >= 11 is 0. The maximum absolute atomic E-state index is 14.5. The molecule has 26 heavy (non-hydrogen) atoms. The molecular weight excluding hydrogens is 330 g/mol. The predicted octanol–water partition coefficient (Wildman–Crippen LogP) is 7.61. The first-order chi connectivity index (χ1) is 12.6. The van der Waals surface area contributed by atoms with Crippen LogP contribution in [0.3, 0.4) is 0 Å². The number of benzene rings is 1. The van der Waals surface area contributed by atoms with Gasteiger partial charge in [0.05, 0.1) is 6.61 Å². The molecule has 2 rings (SSSR count). The monoisotopic (exact) mass is 366 g/mol. The Kier molecular flexibility index (Phi) is 8.87. The molecule has 1 saturated carbocycles. The van der Waals surface area contributed by atoms with Crippen LogP contribution < -0.4 is 4.74 Å². The van der Waals surface area contributed by atoms with E-state index >= 15 is 0 Å². The summed E-state index contributed by atoms with van der Waals surface area (Å²) in [7, 11) is 0. The number of rotatable bonds is 11. The third kappa shape index (κ3) is 5.96. The van der Waals surface area contributed by atoms with E-state index in [0.29, 0.717) is 18.6 Å². The minimum atomic E-state index is -0.807. The molecular formula is C23H36F2O. The van der Waals surface area contributed by atoms with Gasteiger partial charge in [0.15, 0.2) is 11.6 Å². The Labute approximate surface area is 158 Å². The van der Waals surface area contributed by atoms with Gasteiger partial charge in [0, 0.05) is 5.41 Å². The molecule has 3 heteroatoms. The highest BCUT2D eigenvalue weighted by Crippen LogP contribution is 2.41. The van der Waals surface area contributed by atoms with Crippen molar-refractivity contribution >= 4 is 0 Å². The van der Waals surface area contributed by atoms with E-state index < -0.39 is 11.6 Å². The van der Waals surface area contributed by atoms with Crippen molar-refractivity contribution in [2.45, 2.75) is 97.3 Å². The van der Waals surface area contributed by atoms with Crippen molar-refractivity contribution in [1.29, 1.82) is 0 Å². The fourth-order valence-electron chi connectivity index (χ4n) is 4.19. The molecule has 1 aliphatic rings. The van der Waals surface area contributed by atoms with Gasteiger partial charge in [0.2, 0.25) is 5.82 Å². The molecule has 0 saturated heterocycles. The average Bonchev–Trinajstić information content (AvgIpc) is 2.66. The molecule has 0 aliphatic heterocycles. The highest BCUT2D eigenvalue weighted by atomic mass is 19.2. The molecule has 0 radical (unpaired) electrons. The van der Waals surface area contributed by atoms with E-state index in [1.165, 1.54) is 38.5 Å². The van der Waals surface area contributed by atoms with Gasteiger partial charge in [-0.05, 0) is 43.7 Å². The van der Waals surface area contributed by atoms with E-state index in [1.54, 1.807) is 12.1 Å². The van der Waals surface area contributed by atoms with Gasteiger partial charge in [-0.3, -0.25) is 0 Å². The molecule has 0 atom stereocenters. The van der Waals surface area contributed by atoms with Crippen molar-refractivity contribution in [2.24, 2.45) is 5.41 Å². The average molecular weight is 367 g/mol. The maximum atomic E-state index is 14.5. The molecule has 0 bridgehead atoms. The van der Waals surface area contributed by atoms with Crippen LogP contribution in [0, 0.1) is 17.0 Å². The van der Waals surface area contributed by atoms with Crippen LogP contribution in [0.1, 0.15) is 96.5 Å². The normalized spacial score (nSPS) is 16.6. The molecule has 1 aliphatic carbocycles. The van der Waals surface area contributed by atoms with Gasteiger partial charge in [0.1, 0.15) is 0 Å². The van der Waals surface area contributed by atoms with Gasteiger partial charge in [-0.2, -0.15) is 4.39 Å². The van der Waals surface area contributed by atoms with Crippen LogP contribution in [-0.4, -0.2) is 6.61 Å². The second kappa shape index (κ2) is 10.9. The van der Waals surface area contributed by atoms with Crippen LogP contribution in [-0.2, 0) is 6.42 Å². The summed E-state index contributed by atoms with van der Waals surface area (Å²) in [6, 6.07) is 3.33. The number of unbranched alkanes of at least 4 members (excludes halogenated alkanes) is 4. The lowest BCUT2D eigenvalue weighted by atomic mass is 9.71. The third-order valence-electron chi connectivity index (χ3n) is 5.94. The Bertz CT molecular complexity index is 535. The zero-order chi connectivity index (χ0) is 18.8. The van der Waals surface area contributed by atoms with Gasteiger partial charge >= 0.3 is 0 Å². The van der Waals surface area contributed by atoms with Crippen LogP contribution in [0.15, 0.2) is 12.1 Å². The van der Waals surface area contributed by atoms with E-state index in [-0.39, 0.29) is 11.2 Å².